The van der Waals surface area contributed by atoms with Crippen LogP contribution in [-0.2, 0) is 6.54 Å². The SMILES string of the molecule is COc1nc(C)c(-c2ccn3nc(N)nc3c2)cc1C(=O)NCc1cc(OC(F)(F)F)ccc1F. The molecule has 0 atom stereocenters. The number of ether oxygens (including phenoxy) is 2. The highest BCUT2D eigenvalue weighted by Crippen LogP contribution is 2.29. The number of hydrogen-bond acceptors (Lipinski definition) is 7. The summed E-state index contributed by atoms with van der Waals surface area (Å²) in [5, 5.41) is 6.48. The van der Waals surface area contributed by atoms with Gasteiger partial charge in [0.25, 0.3) is 5.91 Å². The fourth-order valence-corrected chi connectivity index (χ4v) is 3.41. The van der Waals surface area contributed by atoms with E-state index >= 15 is 0 Å². The van der Waals surface area contributed by atoms with E-state index in [1.165, 1.54) is 11.6 Å². The molecule has 0 bridgehead atoms. The molecule has 0 radical (unpaired) electrons. The zero-order valence-corrected chi connectivity index (χ0v) is 18.4. The van der Waals surface area contributed by atoms with E-state index < -0.39 is 30.4 Å². The summed E-state index contributed by atoms with van der Waals surface area (Å²) in [4.78, 5) is 21.4. The Bertz CT molecular complexity index is 1420. The van der Waals surface area contributed by atoms with E-state index in [9.17, 15) is 22.4 Å². The maximum Gasteiger partial charge on any atom is 0.573 e. The third-order valence-electron chi connectivity index (χ3n) is 4.97. The van der Waals surface area contributed by atoms with Crippen molar-refractivity contribution in [3.8, 4) is 22.8 Å². The number of rotatable bonds is 6. The number of benzene rings is 1. The molecule has 0 unspecified atom stereocenters. The maximum atomic E-state index is 14.1. The molecule has 9 nitrogen and oxygen atoms in total. The molecule has 1 amide bonds. The lowest BCUT2D eigenvalue weighted by molar-refractivity contribution is -0.274. The molecule has 0 aliphatic rings. The lowest BCUT2D eigenvalue weighted by atomic mass is 10.0. The molecule has 0 aliphatic carbocycles. The van der Waals surface area contributed by atoms with Gasteiger partial charge < -0.3 is 20.5 Å². The number of fused-ring (bicyclic) bond motifs is 1. The van der Waals surface area contributed by atoms with Gasteiger partial charge in [-0.05, 0) is 48.9 Å². The molecule has 3 heterocycles. The molecule has 13 heteroatoms. The van der Waals surface area contributed by atoms with Crippen LogP contribution in [0, 0.1) is 12.7 Å². The number of hydrogen-bond donors (Lipinski definition) is 2. The van der Waals surface area contributed by atoms with E-state index in [1.54, 1.807) is 31.3 Å². The van der Waals surface area contributed by atoms with Gasteiger partial charge in [0.05, 0.1) is 7.11 Å². The van der Waals surface area contributed by atoms with Crippen molar-refractivity contribution >= 4 is 17.5 Å². The van der Waals surface area contributed by atoms with E-state index in [0.29, 0.717) is 22.5 Å². The number of carbonyl (C=O) groups is 1. The molecule has 0 spiro atoms. The minimum atomic E-state index is -4.93. The monoisotopic (exact) mass is 490 g/mol. The number of nitrogen functional groups attached to an aromatic ring is 1. The van der Waals surface area contributed by atoms with E-state index in [4.69, 9.17) is 10.5 Å². The van der Waals surface area contributed by atoms with Crippen LogP contribution in [0.25, 0.3) is 16.8 Å². The van der Waals surface area contributed by atoms with Gasteiger partial charge in [0.1, 0.15) is 17.1 Å². The number of amides is 1. The minimum Gasteiger partial charge on any atom is -0.480 e. The number of pyridine rings is 2. The molecular weight excluding hydrogens is 472 g/mol. The summed E-state index contributed by atoms with van der Waals surface area (Å²) < 4.78 is 62.1. The molecule has 4 aromatic rings. The average molecular weight is 490 g/mol. The largest absolute Gasteiger partial charge is 0.573 e. The Morgan fingerprint density at radius 2 is 1.94 bits per heavy atom. The second-order valence-electron chi connectivity index (χ2n) is 7.35. The standard InChI is InChI=1S/C22H18F4N6O3/c1-11-15(12-5-6-32-18(8-12)30-21(27)31-32)9-16(20(29-11)34-2)19(33)28-10-13-7-14(3-4-17(13)23)35-22(24,25)26/h3-9H,10H2,1-2H3,(H2,27,31)(H,28,33). The first-order valence-corrected chi connectivity index (χ1v) is 10.0. The smallest absolute Gasteiger partial charge is 0.480 e. The van der Waals surface area contributed by atoms with Crippen molar-refractivity contribution in [3.63, 3.8) is 0 Å². The van der Waals surface area contributed by atoms with Gasteiger partial charge in [-0.2, -0.15) is 4.98 Å². The van der Waals surface area contributed by atoms with Crippen molar-refractivity contribution in [1.82, 2.24) is 24.9 Å². The van der Waals surface area contributed by atoms with Gasteiger partial charge in [0.15, 0.2) is 5.65 Å². The summed E-state index contributed by atoms with van der Waals surface area (Å²) in [7, 11) is 1.33. The maximum absolute atomic E-state index is 14.1. The second-order valence-corrected chi connectivity index (χ2v) is 7.35. The second kappa shape index (κ2) is 9.08. The predicted octanol–water partition coefficient (Wildman–Crippen LogP) is 3.66. The highest BCUT2D eigenvalue weighted by atomic mass is 19.4. The van der Waals surface area contributed by atoms with Crippen molar-refractivity contribution in [2.24, 2.45) is 0 Å². The number of nitrogens with one attached hydrogen (secondary N) is 1. The molecular formula is C22H18F4N6O3. The van der Waals surface area contributed by atoms with Gasteiger partial charge in [0.2, 0.25) is 11.8 Å². The zero-order chi connectivity index (χ0) is 25.3. The molecule has 3 aromatic heterocycles. The van der Waals surface area contributed by atoms with Crippen LogP contribution in [0.3, 0.4) is 0 Å². The summed E-state index contributed by atoms with van der Waals surface area (Å²) >= 11 is 0. The van der Waals surface area contributed by atoms with Crippen LogP contribution < -0.4 is 20.5 Å². The van der Waals surface area contributed by atoms with Crippen LogP contribution in [0.4, 0.5) is 23.5 Å². The van der Waals surface area contributed by atoms with Crippen molar-refractivity contribution < 1.29 is 31.8 Å². The number of nitrogens with zero attached hydrogens (tertiary/aromatic N) is 4. The number of halogens is 4. The first-order valence-electron chi connectivity index (χ1n) is 10.0. The first kappa shape index (κ1) is 23.7. The fourth-order valence-electron chi connectivity index (χ4n) is 3.41. The van der Waals surface area contributed by atoms with E-state index in [0.717, 1.165) is 18.2 Å². The van der Waals surface area contributed by atoms with Gasteiger partial charge in [-0.1, -0.05) is 0 Å². The van der Waals surface area contributed by atoms with Crippen LogP contribution in [-0.4, -0.2) is 39.0 Å². The topological polar surface area (TPSA) is 117 Å². The summed E-state index contributed by atoms with van der Waals surface area (Å²) in [5.41, 5.74) is 7.77. The predicted molar refractivity (Wildman–Crippen MR) is 116 cm³/mol. The number of aryl methyl sites for hydroxylation is 1. The lowest BCUT2D eigenvalue weighted by Crippen LogP contribution is -2.24. The van der Waals surface area contributed by atoms with Crippen LogP contribution in [0.1, 0.15) is 21.6 Å². The Balaban J connectivity index is 1.61. The lowest BCUT2D eigenvalue weighted by Gasteiger charge is -2.14. The molecule has 1 aromatic carbocycles. The Morgan fingerprint density at radius 3 is 2.66 bits per heavy atom. The number of methoxy groups -OCH3 is 1. The molecule has 0 saturated carbocycles. The van der Waals surface area contributed by atoms with Crippen LogP contribution in [0.2, 0.25) is 0 Å². The Morgan fingerprint density at radius 1 is 1.17 bits per heavy atom. The van der Waals surface area contributed by atoms with E-state index in [-0.39, 0.29) is 23.0 Å². The number of anilines is 1. The van der Waals surface area contributed by atoms with E-state index in [1.807, 2.05) is 0 Å². The van der Waals surface area contributed by atoms with Gasteiger partial charge in [0, 0.05) is 29.6 Å². The molecule has 35 heavy (non-hydrogen) atoms. The summed E-state index contributed by atoms with van der Waals surface area (Å²) in [6.45, 7) is 1.32. The highest BCUT2D eigenvalue weighted by molar-refractivity contribution is 5.97. The van der Waals surface area contributed by atoms with Gasteiger partial charge in [-0.3, -0.25) is 4.79 Å². The van der Waals surface area contributed by atoms with Crippen LogP contribution in [0.5, 0.6) is 11.6 Å². The molecule has 0 aliphatic heterocycles. The molecule has 182 valence electrons. The Kier molecular flexibility index (Phi) is 6.16. The van der Waals surface area contributed by atoms with Crippen molar-refractivity contribution in [2.75, 3.05) is 12.8 Å². The number of aromatic nitrogens is 4. The number of carbonyl (C=O) groups excluding carboxylic acids is 1. The molecule has 0 saturated heterocycles. The average Bonchev–Trinajstić information content (AvgIpc) is 3.17. The zero-order valence-electron chi connectivity index (χ0n) is 18.4. The highest BCUT2D eigenvalue weighted by Gasteiger charge is 2.31. The quantitative estimate of drug-likeness (QED) is 0.396. The summed E-state index contributed by atoms with van der Waals surface area (Å²) in [6.07, 6.45) is -3.28. The molecule has 0 fully saturated rings. The minimum absolute atomic E-state index is 0.0196. The Hall–Kier alpha value is -4.42. The number of alkyl halides is 3. The Labute approximate surface area is 195 Å². The van der Waals surface area contributed by atoms with Crippen LogP contribution >= 0.6 is 0 Å². The number of nitrogens with two attached hydrogens (primary N) is 1. The molecule has 4 rings (SSSR count). The van der Waals surface area contributed by atoms with Gasteiger partial charge in [-0.25, -0.2) is 13.9 Å². The van der Waals surface area contributed by atoms with Gasteiger partial charge in [-0.15, -0.1) is 18.3 Å². The van der Waals surface area contributed by atoms with Gasteiger partial charge >= 0.3 is 6.36 Å². The first-order chi connectivity index (χ1) is 16.5. The van der Waals surface area contributed by atoms with Crippen molar-refractivity contribution in [3.05, 3.63) is 65.2 Å². The molecule has 3 N–H and O–H groups in total. The third-order valence-corrected chi connectivity index (χ3v) is 4.97. The van der Waals surface area contributed by atoms with Crippen LogP contribution in [0.15, 0.2) is 42.6 Å². The van der Waals surface area contributed by atoms with Crippen molar-refractivity contribution in [2.45, 2.75) is 19.8 Å². The third kappa shape index (κ3) is 5.23. The van der Waals surface area contributed by atoms with E-state index in [2.05, 4.69) is 25.1 Å². The van der Waals surface area contributed by atoms with Crippen molar-refractivity contribution in [1.29, 1.82) is 0 Å². The normalized spacial score (nSPS) is 11.5. The summed E-state index contributed by atoms with van der Waals surface area (Å²) in [6, 6.07) is 7.51. The summed E-state index contributed by atoms with van der Waals surface area (Å²) in [5.74, 6) is -1.97. The fraction of sp³-hybridized carbons (Fsp3) is 0.182.